The zero-order valence-corrected chi connectivity index (χ0v) is 8.02. The fraction of sp³-hybridized carbons (Fsp3) is 0.875. The lowest BCUT2D eigenvalue weighted by Crippen LogP contribution is -2.49. The van der Waals surface area contributed by atoms with Gasteiger partial charge in [0.2, 0.25) is 0 Å². The van der Waals surface area contributed by atoms with Gasteiger partial charge in [0.15, 0.2) is 6.17 Å². The van der Waals surface area contributed by atoms with E-state index in [4.69, 9.17) is 4.74 Å². The normalized spacial score (nSPS) is 10.3. The van der Waals surface area contributed by atoms with Gasteiger partial charge in [-0.15, -0.1) is 0 Å². The molecule has 0 rings (SSSR count). The molecule has 0 aliphatic heterocycles. The van der Waals surface area contributed by atoms with Crippen molar-refractivity contribution in [1.29, 1.82) is 0 Å². The topological polar surface area (TPSA) is 50.4 Å². The van der Waals surface area contributed by atoms with E-state index in [2.05, 4.69) is 10.6 Å². The molecule has 0 radical (unpaired) electrons. The van der Waals surface area contributed by atoms with Crippen molar-refractivity contribution < 1.29 is 9.53 Å². The summed E-state index contributed by atoms with van der Waals surface area (Å²) in [5.41, 5.74) is 0. The molecule has 0 aliphatic rings. The second kappa shape index (κ2) is 7.06. The van der Waals surface area contributed by atoms with Gasteiger partial charge in [-0.25, -0.2) is 4.79 Å². The summed E-state index contributed by atoms with van der Waals surface area (Å²) in [4.78, 5) is 11.2. The number of carbonyl (C=O) groups is 1. The van der Waals surface area contributed by atoms with Gasteiger partial charge in [-0.05, 0) is 20.0 Å². The van der Waals surface area contributed by atoms with E-state index >= 15 is 0 Å². The summed E-state index contributed by atoms with van der Waals surface area (Å²) in [6.45, 7) is 7.61. The molecule has 2 N–H and O–H groups in total. The largest absolute Gasteiger partial charge is 0.464 e. The fourth-order valence-corrected chi connectivity index (χ4v) is 0.873. The van der Waals surface area contributed by atoms with Crippen LogP contribution in [0.25, 0.3) is 0 Å². The number of hydrogen-bond acceptors (Lipinski definition) is 4. The molecule has 72 valence electrons. The van der Waals surface area contributed by atoms with Crippen LogP contribution in [0.2, 0.25) is 0 Å². The molecule has 0 unspecified atom stereocenters. The second-order valence-electron chi connectivity index (χ2n) is 2.30. The Hall–Kier alpha value is -0.610. The standard InChI is InChI=1S/C8H18N2O2/c1-4-9-7(10-5-2)8(11)12-6-3/h7,9-10H,4-6H2,1-3H3. The molecule has 0 fully saturated rings. The number of esters is 1. The predicted octanol–water partition coefficient (Wildman–Crippen LogP) is 0.0946. The van der Waals surface area contributed by atoms with Crippen LogP contribution >= 0.6 is 0 Å². The number of ether oxygens (including phenoxy) is 1. The van der Waals surface area contributed by atoms with E-state index < -0.39 is 0 Å². The smallest absolute Gasteiger partial charge is 0.338 e. The Balaban J connectivity index is 3.81. The zero-order chi connectivity index (χ0) is 9.40. The summed E-state index contributed by atoms with van der Waals surface area (Å²) >= 11 is 0. The van der Waals surface area contributed by atoms with E-state index in [9.17, 15) is 4.79 Å². The SMILES string of the molecule is CCNC(NCC)C(=O)OCC. The number of nitrogens with one attached hydrogen (secondary N) is 2. The third-order valence-electron chi connectivity index (χ3n) is 1.34. The van der Waals surface area contributed by atoms with Gasteiger partial charge < -0.3 is 4.74 Å². The van der Waals surface area contributed by atoms with Crippen molar-refractivity contribution in [2.24, 2.45) is 0 Å². The van der Waals surface area contributed by atoms with Crippen LogP contribution in [0.4, 0.5) is 0 Å². The first-order valence-corrected chi connectivity index (χ1v) is 4.39. The third kappa shape index (κ3) is 4.31. The summed E-state index contributed by atoms with van der Waals surface area (Å²) in [5, 5.41) is 5.96. The number of carbonyl (C=O) groups excluding carboxylic acids is 1. The van der Waals surface area contributed by atoms with Crippen molar-refractivity contribution in [3.05, 3.63) is 0 Å². The van der Waals surface area contributed by atoms with E-state index in [1.807, 2.05) is 13.8 Å². The highest BCUT2D eigenvalue weighted by Crippen LogP contribution is 1.84. The van der Waals surface area contributed by atoms with Gasteiger partial charge in [-0.2, -0.15) is 0 Å². The maximum atomic E-state index is 11.2. The van der Waals surface area contributed by atoms with Gasteiger partial charge in [0.25, 0.3) is 0 Å². The van der Waals surface area contributed by atoms with Crippen LogP contribution in [-0.4, -0.2) is 31.8 Å². The molecular formula is C8H18N2O2. The average molecular weight is 174 g/mol. The van der Waals surface area contributed by atoms with E-state index in [0.29, 0.717) is 6.61 Å². The van der Waals surface area contributed by atoms with E-state index in [1.165, 1.54) is 0 Å². The molecule has 0 atom stereocenters. The Bertz CT molecular complexity index is 122. The first kappa shape index (κ1) is 11.4. The third-order valence-corrected chi connectivity index (χ3v) is 1.34. The molecule has 0 saturated carbocycles. The molecule has 0 aromatic carbocycles. The molecule has 4 heteroatoms. The molecule has 0 saturated heterocycles. The quantitative estimate of drug-likeness (QED) is 0.443. The Labute approximate surface area is 73.7 Å². The maximum Gasteiger partial charge on any atom is 0.338 e. The predicted molar refractivity (Wildman–Crippen MR) is 47.8 cm³/mol. The molecule has 0 amide bonds. The van der Waals surface area contributed by atoms with Crippen molar-refractivity contribution in [3.8, 4) is 0 Å². The van der Waals surface area contributed by atoms with Gasteiger partial charge >= 0.3 is 5.97 Å². The van der Waals surface area contributed by atoms with Gasteiger partial charge in [0, 0.05) is 0 Å². The maximum absolute atomic E-state index is 11.2. The highest BCUT2D eigenvalue weighted by Gasteiger charge is 2.15. The van der Waals surface area contributed by atoms with Crippen molar-refractivity contribution in [2.45, 2.75) is 26.9 Å². The molecule has 12 heavy (non-hydrogen) atoms. The van der Waals surface area contributed by atoms with Crippen molar-refractivity contribution >= 4 is 5.97 Å². The van der Waals surface area contributed by atoms with Crippen molar-refractivity contribution in [1.82, 2.24) is 10.6 Å². The molecule has 0 spiro atoms. The van der Waals surface area contributed by atoms with Crippen molar-refractivity contribution in [3.63, 3.8) is 0 Å². The molecule has 0 aromatic rings. The lowest BCUT2D eigenvalue weighted by molar-refractivity contribution is -0.146. The van der Waals surface area contributed by atoms with Gasteiger partial charge in [0.05, 0.1) is 6.61 Å². The lowest BCUT2D eigenvalue weighted by atomic mass is 10.4. The van der Waals surface area contributed by atoms with Gasteiger partial charge in [-0.1, -0.05) is 13.8 Å². The van der Waals surface area contributed by atoms with Gasteiger partial charge in [0.1, 0.15) is 0 Å². The minimum Gasteiger partial charge on any atom is -0.464 e. The molecule has 4 nitrogen and oxygen atoms in total. The molecular weight excluding hydrogens is 156 g/mol. The lowest BCUT2D eigenvalue weighted by Gasteiger charge is -2.16. The van der Waals surface area contributed by atoms with Crippen molar-refractivity contribution in [2.75, 3.05) is 19.7 Å². The summed E-state index contributed by atoms with van der Waals surface area (Å²) < 4.78 is 4.85. The Morgan fingerprint density at radius 2 is 1.75 bits per heavy atom. The van der Waals surface area contributed by atoms with Crippen LogP contribution in [0.1, 0.15) is 20.8 Å². The highest BCUT2D eigenvalue weighted by atomic mass is 16.5. The average Bonchev–Trinajstić information content (AvgIpc) is 2.04. The summed E-state index contributed by atoms with van der Waals surface area (Å²) in [6, 6.07) is 0. The number of likely N-dealkylation sites (N-methyl/N-ethyl adjacent to an activating group) is 2. The zero-order valence-electron chi connectivity index (χ0n) is 8.02. The molecule has 0 aromatic heterocycles. The minimum atomic E-state index is -0.361. The number of rotatable bonds is 6. The van der Waals surface area contributed by atoms with Crippen LogP contribution in [0.15, 0.2) is 0 Å². The van der Waals surface area contributed by atoms with Crippen LogP contribution in [0.5, 0.6) is 0 Å². The van der Waals surface area contributed by atoms with E-state index in [1.54, 1.807) is 6.92 Å². The number of hydrogen-bond donors (Lipinski definition) is 2. The fourth-order valence-electron chi connectivity index (χ4n) is 0.873. The van der Waals surface area contributed by atoms with E-state index in [0.717, 1.165) is 13.1 Å². The first-order valence-electron chi connectivity index (χ1n) is 4.39. The minimum absolute atomic E-state index is 0.235. The molecule has 0 aliphatic carbocycles. The Kier molecular flexibility index (Phi) is 6.70. The molecule has 0 bridgehead atoms. The van der Waals surface area contributed by atoms with Crippen LogP contribution < -0.4 is 10.6 Å². The Morgan fingerprint density at radius 3 is 2.08 bits per heavy atom. The second-order valence-corrected chi connectivity index (χ2v) is 2.30. The first-order chi connectivity index (χ1) is 5.76. The van der Waals surface area contributed by atoms with Crippen LogP contribution in [0.3, 0.4) is 0 Å². The van der Waals surface area contributed by atoms with Crippen LogP contribution in [-0.2, 0) is 9.53 Å². The Morgan fingerprint density at radius 1 is 1.25 bits per heavy atom. The highest BCUT2D eigenvalue weighted by molar-refractivity contribution is 5.75. The monoisotopic (exact) mass is 174 g/mol. The molecule has 0 heterocycles. The summed E-state index contributed by atoms with van der Waals surface area (Å²) in [6.07, 6.45) is -0.361. The van der Waals surface area contributed by atoms with Crippen LogP contribution in [0, 0.1) is 0 Å². The van der Waals surface area contributed by atoms with E-state index in [-0.39, 0.29) is 12.1 Å². The summed E-state index contributed by atoms with van der Waals surface area (Å²) in [5.74, 6) is -0.235. The van der Waals surface area contributed by atoms with Gasteiger partial charge in [-0.3, -0.25) is 10.6 Å². The summed E-state index contributed by atoms with van der Waals surface area (Å²) in [7, 11) is 0.